The monoisotopic (exact) mass is 708 g/mol. The van der Waals surface area contributed by atoms with Gasteiger partial charge in [0.2, 0.25) is 0 Å². The quantitative estimate of drug-likeness (QED) is 0.190. The number of fused-ring (bicyclic) bond motifs is 1. The maximum Gasteiger partial charge on any atom is 0.416 e. The molecule has 0 bridgehead atoms. The van der Waals surface area contributed by atoms with Crippen molar-refractivity contribution in [3.05, 3.63) is 67.3 Å². The average molecular weight is 708 g/mol. The lowest BCUT2D eigenvalue weighted by molar-refractivity contribution is -0.144. The second kappa shape index (κ2) is 11.0. The van der Waals surface area contributed by atoms with E-state index in [0.717, 1.165) is 6.07 Å². The van der Waals surface area contributed by atoms with Gasteiger partial charge in [0.05, 0.1) is 34.0 Å². The first-order valence-corrected chi connectivity index (χ1v) is 14.0. The fourth-order valence-electron chi connectivity index (χ4n) is 4.69. The maximum absolute atomic E-state index is 13.6. The second-order valence-electron chi connectivity index (χ2n) is 9.50. The van der Waals surface area contributed by atoms with Gasteiger partial charge in [0, 0.05) is 18.5 Å². The summed E-state index contributed by atoms with van der Waals surface area (Å²) in [6.45, 7) is 0.542. The molecule has 0 unspecified atom stereocenters. The lowest BCUT2D eigenvalue weighted by Crippen LogP contribution is -2.38. The molecule has 0 saturated carbocycles. The van der Waals surface area contributed by atoms with Crippen LogP contribution in [0.4, 0.5) is 26.3 Å². The second-order valence-corrected chi connectivity index (χ2v) is 11.5. The van der Waals surface area contributed by atoms with E-state index in [4.69, 9.17) is 0 Å². The van der Waals surface area contributed by atoms with Gasteiger partial charge in [-0.15, -0.1) is 0 Å². The van der Waals surface area contributed by atoms with E-state index in [1.165, 1.54) is 16.4 Å². The predicted molar refractivity (Wildman–Crippen MR) is 148 cm³/mol. The summed E-state index contributed by atoms with van der Waals surface area (Å²) in [5, 5.41) is 14.6. The summed E-state index contributed by atoms with van der Waals surface area (Å²) in [6.07, 6.45) is -7.36. The number of aliphatic imine (C=N–C) groups is 1. The lowest BCUT2D eigenvalue weighted by atomic mass is 9.98. The van der Waals surface area contributed by atoms with Crippen LogP contribution in [0.5, 0.6) is 0 Å². The number of amides is 1. The summed E-state index contributed by atoms with van der Waals surface area (Å²) in [7, 11) is 0. The van der Waals surface area contributed by atoms with E-state index in [1.807, 2.05) is 27.5 Å². The number of hydrogen-bond acceptors (Lipinski definition) is 5. The molecule has 2 aromatic carbocycles. The Morgan fingerprint density at radius 2 is 1.78 bits per heavy atom. The zero-order valence-corrected chi connectivity index (χ0v) is 23.7. The zero-order valence-electron chi connectivity index (χ0n) is 20.8. The van der Waals surface area contributed by atoms with Gasteiger partial charge in [0.25, 0.3) is 5.91 Å². The number of carboxylic acids is 1. The molecule has 2 aliphatic heterocycles. The summed E-state index contributed by atoms with van der Waals surface area (Å²) in [6, 6.07) is 6.54. The molecule has 0 aliphatic carbocycles. The number of benzene rings is 2. The SMILES string of the molecule is O=C1N=C(N2CCC(C(=O)O)CC2)SC1=Cc1ccc2c(c1)c(I)nn2Cc1ccc(C(F)(F)F)cc1C(F)(F)F. The van der Waals surface area contributed by atoms with Crippen molar-refractivity contribution in [3.8, 4) is 0 Å². The summed E-state index contributed by atoms with van der Waals surface area (Å²) in [4.78, 5) is 30.1. The molecule has 41 heavy (non-hydrogen) atoms. The van der Waals surface area contributed by atoms with Crippen LogP contribution in [0.3, 0.4) is 0 Å². The Labute approximate surface area is 246 Å². The number of aromatic nitrogens is 2. The van der Waals surface area contributed by atoms with Crippen LogP contribution in [-0.4, -0.2) is 49.9 Å². The molecule has 1 fully saturated rings. The molecular formula is C26H19F6IN4O3S. The highest BCUT2D eigenvalue weighted by atomic mass is 127. The van der Waals surface area contributed by atoms with Gasteiger partial charge < -0.3 is 10.0 Å². The van der Waals surface area contributed by atoms with Gasteiger partial charge in [-0.25, -0.2) is 0 Å². The molecule has 3 heterocycles. The third-order valence-electron chi connectivity index (χ3n) is 6.81. The van der Waals surface area contributed by atoms with Gasteiger partial charge in [-0.2, -0.15) is 36.4 Å². The number of carbonyl (C=O) groups excluding carboxylic acids is 1. The van der Waals surface area contributed by atoms with Gasteiger partial charge in [-0.1, -0.05) is 12.1 Å². The highest BCUT2D eigenvalue weighted by Gasteiger charge is 2.38. The molecule has 2 aliphatic rings. The number of hydrogen-bond donors (Lipinski definition) is 1. The summed E-state index contributed by atoms with van der Waals surface area (Å²) in [5.41, 5.74) is -2.04. The van der Waals surface area contributed by atoms with Crippen LogP contribution < -0.4 is 0 Å². The Bertz CT molecular complexity index is 1610. The van der Waals surface area contributed by atoms with Crippen molar-refractivity contribution < 1.29 is 41.0 Å². The van der Waals surface area contributed by atoms with E-state index < -0.39 is 47.8 Å². The largest absolute Gasteiger partial charge is 0.481 e. The van der Waals surface area contributed by atoms with Gasteiger partial charge in [-0.3, -0.25) is 14.3 Å². The van der Waals surface area contributed by atoms with E-state index >= 15 is 0 Å². The van der Waals surface area contributed by atoms with Crippen molar-refractivity contribution in [2.75, 3.05) is 13.1 Å². The van der Waals surface area contributed by atoms with Crippen LogP contribution >= 0.6 is 34.4 Å². The van der Waals surface area contributed by atoms with E-state index in [2.05, 4.69) is 10.1 Å². The van der Waals surface area contributed by atoms with E-state index in [-0.39, 0.29) is 11.6 Å². The maximum atomic E-state index is 13.6. The smallest absolute Gasteiger partial charge is 0.416 e. The predicted octanol–water partition coefficient (Wildman–Crippen LogP) is 6.49. The van der Waals surface area contributed by atoms with Crippen LogP contribution in [0.15, 0.2) is 46.3 Å². The molecular weight excluding hydrogens is 689 g/mol. The molecule has 3 aromatic rings. The molecule has 216 valence electrons. The summed E-state index contributed by atoms with van der Waals surface area (Å²) in [5.74, 6) is -1.69. The third-order valence-corrected chi connectivity index (χ3v) is 8.66. The Morgan fingerprint density at radius 3 is 2.41 bits per heavy atom. The Morgan fingerprint density at radius 1 is 1.07 bits per heavy atom. The standard InChI is InChI=1S/C26H19F6IN4O3S/c27-25(28,29)16-3-2-15(18(11-16)26(30,31)32)12-37-19-4-1-13(9-17(19)21(33)35-37)10-20-22(38)34-24(41-20)36-7-5-14(6-8-36)23(39)40/h1-4,9-11,14H,5-8,12H2,(H,39,40). The number of carboxylic acid groups (broad SMARTS) is 1. The molecule has 1 amide bonds. The first kappa shape index (κ1) is 29.4. The highest BCUT2D eigenvalue weighted by molar-refractivity contribution is 14.1. The van der Waals surface area contributed by atoms with Crippen LogP contribution in [-0.2, 0) is 28.5 Å². The fourth-order valence-corrected chi connectivity index (χ4v) is 6.34. The van der Waals surface area contributed by atoms with Crippen LogP contribution in [0.1, 0.15) is 35.1 Å². The molecule has 15 heteroatoms. The fraction of sp³-hybridized carbons (Fsp3) is 0.308. The van der Waals surface area contributed by atoms with Crippen LogP contribution in [0.25, 0.3) is 17.0 Å². The average Bonchev–Trinajstić information content (AvgIpc) is 3.41. The van der Waals surface area contributed by atoms with Crippen molar-refractivity contribution in [3.63, 3.8) is 0 Å². The van der Waals surface area contributed by atoms with Crippen molar-refractivity contribution in [2.45, 2.75) is 31.7 Å². The van der Waals surface area contributed by atoms with Gasteiger partial charge in [0.1, 0.15) is 3.70 Å². The number of nitrogens with zero attached hydrogens (tertiary/aromatic N) is 4. The molecule has 1 saturated heterocycles. The minimum Gasteiger partial charge on any atom is -0.481 e. The first-order chi connectivity index (χ1) is 19.2. The number of rotatable bonds is 4. The third kappa shape index (κ3) is 6.24. The number of carbonyl (C=O) groups is 2. The number of aliphatic carboxylic acids is 1. The molecule has 1 aromatic heterocycles. The number of likely N-dealkylation sites (tertiary alicyclic amines) is 1. The van der Waals surface area contributed by atoms with Crippen molar-refractivity contribution in [1.29, 1.82) is 0 Å². The number of alkyl halides is 6. The lowest BCUT2D eigenvalue weighted by Gasteiger charge is -2.30. The normalized spacial score (nSPS) is 18.0. The molecule has 7 nitrogen and oxygen atoms in total. The van der Waals surface area contributed by atoms with Crippen molar-refractivity contribution in [1.82, 2.24) is 14.7 Å². The highest BCUT2D eigenvalue weighted by Crippen LogP contribution is 2.38. The minimum absolute atomic E-state index is 0.108. The molecule has 5 rings (SSSR count). The van der Waals surface area contributed by atoms with Gasteiger partial charge >= 0.3 is 18.3 Å². The van der Waals surface area contributed by atoms with Crippen molar-refractivity contribution >= 4 is 68.4 Å². The molecule has 0 atom stereocenters. The first-order valence-electron chi connectivity index (χ1n) is 12.1. The minimum atomic E-state index is -5.00. The van der Waals surface area contributed by atoms with E-state index in [9.17, 15) is 41.0 Å². The van der Waals surface area contributed by atoms with E-state index in [0.29, 0.717) is 62.2 Å². The Kier molecular flexibility index (Phi) is 7.86. The van der Waals surface area contributed by atoms with Gasteiger partial charge in [0.15, 0.2) is 5.17 Å². The zero-order chi connectivity index (χ0) is 29.7. The molecule has 0 radical (unpaired) electrons. The summed E-state index contributed by atoms with van der Waals surface area (Å²) >= 11 is 3.10. The summed E-state index contributed by atoms with van der Waals surface area (Å²) < 4.78 is 81.8. The molecule has 0 spiro atoms. The Hall–Kier alpha value is -3.08. The van der Waals surface area contributed by atoms with Crippen molar-refractivity contribution in [2.24, 2.45) is 10.9 Å². The number of amidine groups is 1. The molecule has 1 N–H and O–H groups in total. The van der Waals surface area contributed by atoms with Crippen LogP contribution in [0.2, 0.25) is 0 Å². The Balaban J connectivity index is 1.37. The van der Waals surface area contributed by atoms with Crippen LogP contribution in [0, 0.1) is 9.62 Å². The number of piperidine rings is 1. The van der Waals surface area contributed by atoms with Gasteiger partial charge in [-0.05, 0) is 88.7 Å². The van der Waals surface area contributed by atoms with E-state index in [1.54, 1.807) is 24.3 Å². The topological polar surface area (TPSA) is 87.8 Å². The number of thioether (sulfide) groups is 1. The number of halogens is 7.